The minimum Gasteiger partial charge on any atom is -0.354 e. The molecule has 0 aliphatic carbocycles. The highest BCUT2D eigenvalue weighted by atomic mass is 32.2. The summed E-state index contributed by atoms with van der Waals surface area (Å²) in [4.78, 5) is 12.3. The van der Waals surface area contributed by atoms with Crippen LogP contribution in [0.25, 0.3) is 0 Å². The van der Waals surface area contributed by atoms with Gasteiger partial charge in [-0.3, -0.25) is 4.79 Å². The summed E-state index contributed by atoms with van der Waals surface area (Å²) in [6, 6.07) is 0. The molecule has 1 atom stereocenters. The van der Waals surface area contributed by atoms with E-state index in [0.29, 0.717) is 13.1 Å². The lowest BCUT2D eigenvalue weighted by Crippen LogP contribution is -2.51. The lowest BCUT2D eigenvalue weighted by Gasteiger charge is -2.36. The van der Waals surface area contributed by atoms with Gasteiger partial charge in [-0.15, -0.1) is 0 Å². The molecule has 3 N–H and O–H groups in total. The fraction of sp³-hybridized carbons (Fsp3) is 0.917. The lowest BCUT2D eigenvalue weighted by molar-refractivity contribution is -0.132. The summed E-state index contributed by atoms with van der Waals surface area (Å²) in [6.45, 7) is 4.33. The Morgan fingerprint density at radius 2 is 2.11 bits per heavy atom. The number of carbonyl (C=O) groups excluding carboxylic acids is 1. The number of carbonyl (C=O) groups is 1. The fourth-order valence-electron chi connectivity index (χ4n) is 2.57. The molecule has 1 saturated heterocycles. The van der Waals surface area contributed by atoms with E-state index in [1.54, 1.807) is 0 Å². The summed E-state index contributed by atoms with van der Waals surface area (Å²) >= 11 is 0. The van der Waals surface area contributed by atoms with Crippen LogP contribution in [0.4, 0.5) is 0 Å². The van der Waals surface area contributed by atoms with Crippen LogP contribution in [-0.4, -0.2) is 46.8 Å². The van der Waals surface area contributed by atoms with E-state index in [2.05, 4.69) is 22.3 Å². The van der Waals surface area contributed by atoms with Crippen molar-refractivity contribution < 1.29 is 13.2 Å². The summed E-state index contributed by atoms with van der Waals surface area (Å²) in [6.07, 6.45) is 4.86. The van der Waals surface area contributed by atoms with Gasteiger partial charge in [0.05, 0.1) is 11.7 Å². The standard InChI is InChI=1S/C12H25N3O3S/c1-3-5-12(6-4-7-13-10-12)11(16)14-8-9-15-19(2,17)18/h13,15H,3-10H2,1-2H3,(H,14,16). The Labute approximate surface area is 115 Å². The van der Waals surface area contributed by atoms with Crippen molar-refractivity contribution in [3.05, 3.63) is 0 Å². The summed E-state index contributed by atoms with van der Waals surface area (Å²) in [5.74, 6) is 0.0388. The maximum Gasteiger partial charge on any atom is 0.227 e. The van der Waals surface area contributed by atoms with E-state index in [4.69, 9.17) is 0 Å². The maximum atomic E-state index is 12.3. The molecule has 1 fully saturated rings. The van der Waals surface area contributed by atoms with E-state index >= 15 is 0 Å². The molecule has 0 spiro atoms. The van der Waals surface area contributed by atoms with Gasteiger partial charge in [-0.2, -0.15) is 0 Å². The smallest absolute Gasteiger partial charge is 0.227 e. The zero-order valence-electron chi connectivity index (χ0n) is 11.8. The third-order valence-electron chi connectivity index (χ3n) is 3.46. The first-order chi connectivity index (χ1) is 8.90. The van der Waals surface area contributed by atoms with Crippen LogP contribution in [0, 0.1) is 5.41 Å². The zero-order valence-corrected chi connectivity index (χ0v) is 12.6. The molecule has 0 aromatic heterocycles. The Bertz CT molecular complexity index is 384. The van der Waals surface area contributed by atoms with Crippen LogP contribution >= 0.6 is 0 Å². The Hall–Kier alpha value is -0.660. The number of rotatable bonds is 7. The number of sulfonamides is 1. The topological polar surface area (TPSA) is 87.3 Å². The van der Waals surface area contributed by atoms with E-state index < -0.39 is 10.0 Å². The van der Waals surface area contributed by atoms with Gasteiger partial charge in [0, 0.05) is 19.6 Å². The summed E-state index contributed by atoms with van der Waals surface area (Å²) < 4.78 is 24.2. The molecule has 1 aliphatic rings. The fourth-order valence-corrected chi connectivity index (χ4v) is 3.04. The average Bonchev–Trinajstić information content (AvgIpc) is 2.34. The Balaban J connectivity index is 2.44. The van der Waals surface area contributed by atoms with E-state index in [0.717, 1.165) is 38.5 Å². The molecule has 6 nitrogen and oxygen atoms in total. The van der Waals surface area contributed by atoms with Gasteiger partial charge >= 0.3 is 0 Å². The van der Waals surface area contributed by atoms with Crippen molar-refractivity contribution in [1.82, 2.24) is 15.4 Å². The number of nitrogens with one attached hydrogen (secondary N) is 3. The minimum absolute atomic E-state index is 0.0388. The molecule has 112 valence electrons. The van der Waals surface area contributed by atoms with E-state index in [1.165, 1.54) is 0 Å². The highest BCUT2D eigenvalue weighted by Crippen LogP contribution is 2.31. The first-order valence-electron chi connectivity index (χ1n) is 6.83. The summed E-state index contributed by atoms with van der Waals surface area (Å²) in [5.41, 5.74) is -0.321. The monoisotopic (exact) mass is 291 g/mol. The van der Waals surface area contributed by atoms with Gasteiger partial charge in [-0.25, -0.2) is 13.1 Å². The molecule has 7 heteroatoms. The second-order valence-corrected chi connectivity index (χ2v) is 7.07. The van der Waals surface area contributed by atoms with Crippen molar-refractivity contribution >= 4 is 15.9 Å². The van der Waals surface area contributed by atoms with Gasteiger partial charge < -0.3 is 10.6 Å². The quantitative estimate of drug-likeness (QED) is 0.568. The van der Waals surface area contributed by atoms with Gasteiger partial charge in [0.25, 0.3) is 0 Å². The van der Waals surface area contributed by atoms with Gasteiger partial charge in [0.15, 0.2) is 0 Å². The molecule has 1 amide bonds. The number of hydrogen-bond donors (Lipinski definition) is 3. The SMILES string of the molecule is CCCC1(C(=O)NCCNS(C)(=O)=O)CCCNC1. The van der Waals surface area contributed by atoms with Crippen molar-refractivity contribution in [2.75, 3.05) is 32.4 Å². The largest absolute Gasteiger partial charge is 0.354 e. The van der Waals surface area contributed by atoms with Gasteiger partial charge in [-0.1, -0.05) is 13.3 Å². The normalized spacial score (nSPS) is 24.1. The van der Waals surface area contributed by atoms with E-state index in [9.17, 15) is 13.2 Å². The molecule has 1 aliphatic heterocycles. The predicted octanol–water partition coefficient (Wildman–Crippen LogP) is -0.178. The molecular formula is C12H25N3O3S. The van der Waals surface area contributed by atoms with Crippen LogP contribution in [0.15, 0.2) is 0 Å². The van der Waals surface area contributed by atoms with Crippen LogP contribution in [0.5, 0.6) is 0 Å². The molecule has 0 bridgehead atoms. The molecule has 1 heterocycles. The molecule has 19 heavy (non-hydrogen) atoms. The Kier molecular flexibility index (Phi) is 6.22. The van der Waals surface area contributed by atoms with Gasteiger partial charge in [0.1, 0.15) is 0 Å². The molecule has 0 aromatic rings. The highest BCUT2D eigenvalue weighted by molar-refractivity contribution is 7.88. The van der Waals surface area contributed by atoms with Gasteiger partial charge in [-0.05, 0) is 25.8 Å². The average molecular weight is 291 g/mol. The summed E-state index contributed by atoms with van der Waals surface area (Å²) in [7, 11) is -3.19. The summed E-state index contributed by atoms with van der Waals surface area (Å²) in [5, 5.41) is 6.13. The first kappa shape index (κ1) is 16.4. The number of amides is 1. The van der Waals surface area contributed by atoms with Crippen molar-refractivity contribution in [2.24, 2.45) is 5.41 Å². The first-order valence-corrected chi connectivity index (χ1v) is 8.72. The molecule has 1 rings (SSSR count). The minimum atomic E-state index is -3.19. The maximum absolute atomic E-state index is 12.3. The number of piperidine rings is 1. The molecule has 0 aromatic carbocycles. The van der Waals surface area contributed by atoms with Crippen LogP contribution in [0.1, 0.15) is 32.6 Å². The third kappa shape index (κ3) is 5.46. The van der Waals surface area contributed by atoms with E-state index in [1.807, 2.05) is 0 Å². The van der Waals surface area contributed by atoms with Crippen molar-refractivity contribution in [2.45, 2.75) is 32.6 Å². The predicted molar refractivity (Wildman–Crippen MR) is 75.3 cm³/mol. The molecule has 1 unspecified atom stereocenters. The van der Waals surface area contributed by atoms with Crippen LogP contribution < -0.4 is 15.4 Å². The molecule has 0 saturated carbocycles. The van der Waals surface area contributed by atoms with Crippen LogP contribution in [0.2, 0.25) is 0 Å². The van der Waals surface area contributed by atoms with Crippen LogP contribution in [0.3, 0.4) is 0 Å². The Morgan fingerprint density at radius 1 is 1.37 bits per heavy atom. The second kappa shape index (κ2) is 7.21. The molecule has 0 radical (unpaired) electrons. The zero-order chi connectivity index (χ0) is 14.4. The van der Waals surface area contributed by atoms with Crippen molar-refractivity contribution in [1.29, 1.82) is 0 Å². The molecular weight excluding hydrogens is 266 g/mol. The van der Waals surface area contributed by atoms with E-state index in [-0.39, 0.29) is 17.9 Å². The van der Waals surface area contributed by atoms with Crippen molar-refractivity contribution in [3.8, 4) is 0 Å². The third-order valence-corrected chi connectivity index (χ3v) is 4.19. The van der Waals surface area contributed by atoms with Crippen LogP contribution in [-0.2, 0) is 14.8 Å². The van der Waals surface area contributed by atoms with Crippen molar-refractivity contribution in [3.63, 3.8) is 0 Å². The number of hydrogen-bond acceptors (Lipinski definition) is 4. The lowest BCUT2D eigenvalue weighted by atomic mass is 9.76. The highest BCUT2D eigenvalue weighted by Gasteiger charge is 2.38. The Morgan fingerprint density at radius 3 is 2.63 bits per heavy atom. The second-order valence-electron chi connectivity index (χ2n) is 5.23. The van der Waals surface area contributed by atoms with Gasteiger partial charge in [0.2, 0.25) is 15.9 Å².